The highest BCUT2D eigenvalue weighted by Crippen LogP contribution is 2.43. The van der Waals surface area contributed by atoms with Crippen LogP contribution in [-0.4, -0.2) is 121 Å². The first-order valence-electron chi connectivity index (χ1n) is 37.7. The molecule has 0 fully saturated rings. The van der Waals surface area contributed by atoms with Crippen LogP contribution in [0, 0.1) is 30.2 Å². The predicted molar refractivity (Wildman–Crippen MR) is 453 cm³/mol. The summed E-state index contributed by atoms with van der Waals surface area (Å²) in [6, 6.07) is 45.8. The van der Waals surface area contributed by atoms with E-state index in [0.29, 0.717) is 6.04 Å². The lowest BCUT2D eigenvalue weighted by atomic mass is 9.96. The van der Waals surface area contributed by atoms with Crippen LogP contribution in [0.2, 0.25) is 15.1 Å². The molecule has 8 heterocycles. The lowest BCUT2D eigenvalue weighted by molar-refractivity contribution is 0.220. The Kier molecular flexibility index (Phi) is 24.3. The number of aromatic nitrogens is 4. The molecule has 0 radical (unpaired) electrons. The fraction of sp³-hybridized carbons (Fsp3) is 0.304. The number of ether oxygens (including phenoxy) is 4. The second-order valence-electron chi connectivity index (χ2n) is 29.7. The molecule has 8 aromatic carbocycles. The largest absolute Gasteiger partial charge is 0.494 e. The molecule has 4 aliphatic heterocycles. The number of aryl methyl sites for hydroxylation is 1. The van der Waals surface area contributed by atoms with Gasteiger partial charge in [-0.05, 0) is 284 Å². The SMILES string of the molecule is CCC1c2c(c3cc(Cl)ccc3n2/C=C(\C)c2ccc(OC)c(F)c2)CCN1C.COc1ccc(/C(C)=C/n2c3c(c4cc(C)ccc42)CCN(C)C3)cc1F.COc1ccc(/C(C)=C/n2c3c(c4cc(Cl)ccc42)CCN(C)C3)cc1F.COc1ccc(/C(C)=C/n2c3c(c4cc(Cl)ccc42)CCN(C)C3C)cc1F. The number of benzene rings is 8. The van der Waals surface area contributed by atoms with Gasteiger partial charge in [0.15, 0.2) is 46.3 Å². The average Bonchev–Trinajstić information content (AvgIpc) is 1.62. The number of methoxy groups -OCH3 is 4. The van der Waals surface area contributed by atoms with Gasteiger partial charge in [0.2, 0.25) is 0 Å². The number of halogens is 7. The Morgan fingerprint density at radius 1 is 0.396 bits per heavy atom. The number of hydrogen-bond donors (Lipinski definition) is 0. The maximum absolute atomic E-state index is 14.2. The van der Waals surface area contributed by atoms with Crippen molar-refractivity contribution in [3.05, 3.63) is 257 Å². The molecular weight excluding hydrogens is 1460 g/mol. The maximum atomic E-state index is 14.2. The lowest BCUT2D eigenvalue weighted by Crippen LogP contribution is -2.32. The summed E-state index contributed by atoms with van der Waals surface area (Å²) in [5.74, 6) is -0.356. The van der Waals surface area contributed by atoms with E-state index in [-0.39, 0.29) is 52.3 Å². The van der Waals surface area contributed by atoms with Crippen LogP contribution in [0.1, 0.15) is 133 Å². The van der Waals surface area contributed by atoms with Crippen LogP contribution in [0.5, 0.6) is 23.0 Å². The summed E-state index contributed by atoms with van der Waals surface area (Å²) >= 11 is 18.9. The Hall–Kier alpha value is -9.49. The molecule has 0 aliphatic carbocycles. The van der Waals surface area contributed by atoms with Crippen LogP contribution in [-0.2, 0) is 38.8 Å². The molecule has 4 aromatic heterocycles. The third-order valence-corrected chi connectivity index (χ3v) is 23.3. The Labute approximate surface area is 664 Å². The quantitative estimate of drug-likeness (QED) is 0.106. The molecule has 2 atom stereocenters. The first-order chi connectivity index (χ1) is 53.3. The van der Waals surface area contributed by atoms with Crippen LogP contribution >= 0.6 is 34.8 Å². The summed E-state index contributed by atoms with van der Waals surface area (Å²) in [5, 5.41) is 7.20. The van der Waals surface area contributed by atoms with Crippen molar-refractivity contribution in [1.29, 1.82) is 0 Å². The normalized spacial score (nSPS) is 16.5. The van der Waals surface area contributed by atoms with Crippen molar-refractivity contribution < 1.29 is 36.5 Å². The topological polar surface area (TPSA) is 69.6 Å². The van der Waals surface area contributed by atoms with E-state index in [4.69, 9.17) is 53.8 Å². The second-order valence-corrected chi connectivity index (χ2v) is 31.1. The fourth-order valence-corrected chi connectivity index (χ4v) is 16.9. The van der Waals surface area contributed by atoms with Gasteiger partial charge in [-0.1, -0.05) is 77.6 Å². The van der Waals surface area contributed by atoms with Crippen LogP contribution in [0.4, 0.5) is 17.6 Å². The minimum atomic E-state index is -0.355. The van der Waals surface area contributed by atoms with Crippen molar-refractivity contribution in [1.82, 2.24) is 37.9 Å². The van der Waals surface area contributed by atoms with Crippen LogP contribution in [0.15, 0.2) is 146 Å². The summed E-state index contributed by atoms with van der Waals surface area (Å²) in [6.07, 6.45) is 13.5. The summed E-state index contributed by atoms with van der Waals surface area (Å²) in [5.41, 5.74) is 24.0. The van der Waals surface area contributed by atoms with E-state index in [1.165, 1.54) is 124 Å². The zero-order valence-electron chi connectivity index (χ0n) is 66.0. The minimum Gasteiger partial charge on any atom is -0.494 e. The molecule has 19 heteroatoms. The summed E-state index contributed by atoms with van der Waals surface area (Å²) < 4.78 is 85.9. The molecule has 0 bridgehead atoms. The molecule has 0 spiro atoms. The Morgan fingerprint density at radius 3 is 1.08 bits per heavy atom. The smallest absolute Gasteiger partial charge is 0.165 e. The van der Waals surface area contributed by atoms with E-state index in [2.05, 4.69) is 160 Å². The lowest BCUT2D eigenvalue weighted by Gasteiger charge is -2.33. The van der Waals surface area contributed by atoms with Crippen molar-refractivity contribution in [2.45, 2.75) is 106 Å². The summed E-state index contributed by atoms with van der Waals surface area (Å²) in [6.45, 7) is 20.6. The van der Waals surface area contributed by atoms with Gasteiger partial charge < -0.3 is 47.0 Å². The Bertz CT molecular complexity index is 5500. The highest BCUT2D eigenvalue weighted by atomic mass is 35.5. The highest BCUT2D eigenvalue weighted by Gasteiger charge is 2.32. The zero-order chi connectivity index (χ0) is 79.0. The number of likely N-dealkylation sites (N-methyl/N-ethyl adjacent to an activating group) is 4. The van der Waals surface area contributed by atoms with Crippen molar-refractivity contribution in [3.8, 4) is 23.0 Å². The molecule has 12 nitrogen and oxygen atoms in total. The first-order valence-corrected chi connectivity index (χ1v) is 38.9. The first kappa shape index (κ1) is 79.6. The number of nitrogens with zero attached hydrogens (tertiary/aromatic N) is 8. The molecule has 0 amide bonds. The molecule has 12 aromatic rings. The molecule has 4 aliphatic rings. The van der Waals surface area contributed by atoms with Gasteiger partial charge in [-0.25, -0.2) is 17.6 Å². The standard InChI is InChI=1S/C24H26ClFN2O.C23H24ClFN2O.C23H25FN2O.C22H22ClFN2O/c1-5-21-24-18(10-11-27(21)3)19-13-17(25)7-8-22(19)28(24)14-15(2)16-6-9-23(29-4)20(26)12-16;1-14(16-5-8-22(28-4)20(25)11-16)13-27-21-7-6-17(24)12-19(21)18-9-10-26(3)15(2)23(18)27;1-15-5-7-21-19(11-15)18-9-10-25(3)14-22(18)26(21)13-16(2)17-6-8-23(27-4)20(24)12-17;1-14(15-4-7-22(27-3)19(24)10-15)12-26-20-6-5-16(23)11-18(20)17-8-9-25(2)13-21(17)26/h6-9,12-14,21H,5,10-11H2,1-4H3;5-8,11-13,15H,9-10H2,1-4H3;5-8,11-13H,9-10,14H2,1-4H3;4-7,10-12H,8-9,13H2,1-3H3/b15-14+;14-13+;16-13+;14-12+. The van der Waals surface area contributed by atoms with Crippen molar-refractivity contribution in [2.75, 3.05) is 82.8 Å². The fourth-order valence-electron chi connectivity index (χ4n) is 16.4. The van der Waals surface area contributed by atoms with Gasteiger partial charge in [0, 0.05) is 129 Å². The van der Waals surface area contributed by atoms with Crippen LogP contribution in [0.3, 0.4) is 0 Å². The molecule has 2 unspecified atom stereocenters. The van der Waals surface area contributed by atoms with Gasteiger partial charge in [-0.15, -0.1) is 0 Å². The van der Waals surface area contributed by atoms with Gasteiger partial charge in [-0.3, -0.25) is 9.80 Å². The van der Waals surface area contributed by atoms with Gasteiger partial charge in [0.1, 0.15) is 0 Å². The molecule has 0 N–H and O–H groups in total. The van der Waals surface area contributed by atoms with E-state index in [9.17, 15) is 17.6 Å². The van der Waals surface area contributed by atoms with Gasteiger partial charge in [0.25, 0.3) is 0 Å². The third kappa shape index (κ3) is 16.3. The van der Waals surface area contributed by atoms with Crippen molar-refractivity contribution in [3.63, 3.8) is 0 Å². The molecular formula is C92H97Cl3F4N8O4. The molecule has 0 saturated heterocycles. The zero-order valence-corrected chi connectivity index (χ0v) is 68.2. The van der Waals surface area contributed by atoms with E-state index >= 15 is 0 Å². The maximum Gasteiger partial charge on any atom is 0.165 e. The van der Waals surface area contributed by atoms with Gasteiger partial charge in [-0.2, -0.15) is 0 Å². The number of allylic oxidation sites excluding steroid dienone is 4. The molecule has 578 valence electrons. The Balaban J connectivity index is 0.000000130. The Morgan fingerprint density at radius 2 is 0.712 bits per heavy atom. The summed E-state index contributed by atoms with van der Waals surface area (Å²) in [7, 11) is 14.5. The number of rotatable bonds is 13. The predicted octanol–water partition coefficient (Wildman–Crippen LogP) is 23.0. The summed E-state index contributed by atoms with van der Waals surface area (Å²) in [4.78, 5) is 9.43. The number of hydrogen-bond acceptors (Lipinski definition) is 8. The van der Waals surface area contributed by atoms with E-state index in [0.717, 1.165) is 148 Å². The monoisotopic (exact) mass is 1560 g/mol. The molecule has 111 heavy (non-hydrogen) atoms. The van der Waals surface area contributed by atoms with E-state index < -0.39 is 0 Å². The van der Waals surface area contributed by atoms with Crippen molar-refractivity contribution in [2.24, 2.45) is 0 Å². The van der Waals surface area contributed by atoms with Gasteiger partial charge >= 0.3 is 0 Å². The van der Waals surface area contributed by atoms with Crippen molar-refractivity contribution >= 4 is 126 Å². The minimum absolute atomic E-state index is 0.255. The average molecular weight is 1560 g/mol. The van der Waals surface area contributed by atoms with Gasteiger partial charge in [0.05, 0.1) is 56.5 Å². The third-order valence-electron chi connectivity index (χ3n) is 22.5. The molecule has 0 saturated carbocycles. The van der Waals surface area contributed by atoms with E-state index in [1.54, 1.807) is 30.3 Å². The molecule has 16 rings (SSSR count). The number of fused-ring (bicyclic) bond motifs is 12. The van der Waals surface area contributed by atoms with Crippen LogP contribution < -0.4 is 18.9 Å². The van der Waals surface area contributed by atoms with E-state index in [1.807, 2.05) is 76.2 Å². The second kappa shape index (κ2) is 33.8. The van der Waals surface area contributed by atoms with Crippen LogP contribution in [0.25, 0.3) is 90.7 Å². The highest BCUT2D eigenvalue weighted by molar-refractivity contribution is 6.32.